The van der Waals surface area contributed by atoms with Crippen molar-refractivity contribution in [1.82, 2.24) is 4.98 Å². The van der Waals surface area contributed by atoms with Crippen molar-refractivity contribution in [3.8, 4) is 11.8 Å². The van der Waals surface area contributed by atoms with Crippen LogP contribution in [0.3, 0.4) is 0 Å². The van der Waals surface area contributed by atoms with Gasteiger partial charge in [0.25, 0.3) is 5.91 Å². The third kappa shape index (κ3) is 4.02. The average molecular weight is 304 g/mol. The molecule has 2 aromatic rings. The number of halogens is 2. The van der Waals surface area contributed by atoms with Gasteiger partial charge in [-0.3, -0.25) is 4.79 Å². The number of carbonyl (C=O) groups is 1. The minimum atomic E-state index is -0.491. The van der Waals surface area contributed by atoms with Gasteiger partial charge in [0.2, 0.25) is 0 Å². The molecule has 0 saturated carbocycles. The van der Waals surface area contributed by atoms with E-state index in [1.54, 1.807) is 6.07 Å². The molecule has 1 heterocycles. The number of pyridine rings is 1. The van der Waals surface area contributed by atoms with E-state index >= 15 is 0 Å². The largest absolute Gasteiger partial charge is 0.320 e. The second-order valence-corrected chi connectivity index (χ2v) is 4.42. The molecule has 2 rings (SSSR count). The number of rotatable bonds is 2. The second-order valence-electron chi connectivity index (χ2n) is 4.02. The Hall–Kier alpha value is -2.42. The molecule has 0 atom stereocenters. The predicted molar refractivity (Wildman–Crippen MR) is 79.5 cm³/mol. The summed E-state index contributed by atoms with van der Waals surface area (Å²) in [5.74, 6) is 4.51. The van der Waals surface area contributed by atoms with Gasteiger partial charge >= 0.3 is 0 Å². The number of benzene rings is 1. The van der Waals surface area contributed by atoms with Gasteiger partial charge in [-0.25, -0.2) is 9.37 Å². The van der Waals surface area contributed by atoms with E-state index in [0.29, 0.717) is 5.56 Å². The van der Waals surface area contributed by atoms with Crippen LogP contribution in [0.25, 0.3) is 0 Å². The molecule has 6 heteroatoms. The van der Waals surface area contributed by atoms with Gasteiger partial charge in [0.15, 0.2) is 0 Å². The van der Waals surface area contributed by atoms with Crippen molar-refractivity contribution >= 4 is 23.2 Å². The zero-order valence-corrected chi connectivity index (χ0v) is 11.6. The second kappa shape index (κ2) is 6.84. The Morgan fingerprint density at radius 1 is 1.38 bits per heavy atom. The lowest BCUT2D eigenvalue weighted by Gasteiger charge is -2.06. The highest BCUT2D eigenvalue weighted by Crippen LogP contribution is 2.22. The molecule has 1 aromatic heterocycles. The highest BCUT2D eigenvalue weighted by atomic mass is 35.5. The lowest BCUT2D eigenvalue weighted by Crippen LogP contribution is -2.14. The van der Waals surface area contributed by atoms with Crippen molar-refractivity contribution in [2.24, 2.45) is 5.73 Å². The fraction of sp³-hybridized carbons (Fsp3) is 0.0667. The number of aromatic nitrogens is 1. The fourth-order valence-electron chi connectivity index (χ4n) is 1.53. The number of hydrogen-bond donors (Lipinski definition) is 2. The Labute approximate surface area is 126 Å². The smallest absolute Gasteiger partial charge is 0.274 e. The normalized spacial score (nSPS) is 9.67. The highest BCUT2D eigenvalue weighted by molar-refractivity contribution is 6.33. The molecule has 0 bridgehead atoms. The molecule has 0 unspecified atom stereocenters. The SMILES string of the molecule is NCC#Cc1ccc(C(=O)Nc2cc(F)ccc2Cl)nc1. The van der Waals surface area contributed by atoms with Crippen molar-refractivity contribution in [3.63, 3.8) is 0 Å². The minimum absolute atomic E-state index is 0.175. The van der Waals surface area contributed by atoms with E-state index < -0.39 is 11.7 Å². The summed E-state index contributed by atoms with van der Waals surface area (Å²) in [7, 11) is 0. The Morgan fingerprint density at radius 3 is 2.86 bits per heavy atom. The van der Waals surface area contributed by atoms with Crippen LogP contribution in [0.1, 0.15) is 16.1 Å². The number of amides is 1. The summed E-state index contributed by atoms with van der Waals surface area (Å²) >= 11 is 5.88. The van der Waals surface area contributed by atoms with E-state index in [1.165, 1.54) is 24.4 Å². The first-order valence-corrected chi connectivity index (χ1v) is 6.39. The maximum atomic E-state index is 13.1. The van der Waals surface area contributed by atoms with E-state index in [-0.39, 0.29) is 22.9 Å². The predicted octanol–water partition coefficient (Wildman–Crippen LogP) is 2.44. The molecule has 0 aliphatic heterocycles. The highest BCUT2D eigenvalue weighted by Gasteiger charge is 2.10. The summed E-state index contributed by atoms with van der Waals surface area (Å²) in [6.45, 7) is 0.250. The monoisotopic (exact) mass is 303 g/mol. The van der Waals surface area contributed by atoms with E-state index in [0.717, 1.165) is 6.07 Å². The van der Waals surface area contributed by atoms with E-state index in [1.807, 2.05) is 0 Å². The van der Waals surface area contributed by atoms with Crippen molar-refractivity contribution in [2.75, 3.05) is 11.9 Å². The Bertz CT molecular complexity index is 720. The molecule has 106 valence electrons. The van der Waals surface area contributed by atoms with Crippen LogP contribution >= 0.6 is 11.6 Å². The average Bonchev–Trinajstić information content (AvgIpc) is 2.49. The lowest BCUT2D eigenvalue weighted by molar-refractivity contribution is 0.102. The Kier molecular flexibility index (Phi) is 4.88. The van der Waals surface area contributed by atoms with Crippen molar-refractivity contribution < 1.29 is 9.18 Å². The molecule has 1 amide bonds. The van der Waals surface area contributed by atoms with Crippen LogP contribution in [0.4, 0.5) is 10.1 Å². The van der Waals surface area contributed by atoms with Gasteiger partial charge in [-0.1, -0.05) is 23.4 Å². The molecule has 0 aliphatic rings. The van der Waals surface area contributed by atoms with Gasteiger partial charge in [0.1, 0.15) is 11.5 Å². The number of anilines is 1. The molecule has 0 saturated heterocycles. The summed E-state index contributed by atoms with van der Waals surface area (Å²) in [4.78, 5) is 16.0. The van der Waals surface area contributed by atoms with Crippen LogP contribution in [-0.4, -0.2) is 17.4 Å². The summed E-state index contributed by atoms with van der Waals surface area (Å²) < 4.78 is 13.1. The zero-order valence-electron chi connectivity index (χ0n) is 10.9. The van der Waals surface area contributed by atoms with Gasteiger partial charge < -0.3 is 11.1 Å². The number of carbonyl (C=O) groups excluding carboxylic acids is 1. The lowest BCUT2D eigenvalue weighted by atomic mass is 10.2. The molecular weight excluding hydrogens is 293 g/mol. The Morgan fingerprint density at radius 2 is 2.19 bits per heavy atom. The molecular formula is C15H11ClFN3O. The maximum absolute atomic E-state index is 13.1. The summed E-state index contributed by atoms with van der Waals surface area (Å²) in [6, 6.07) is 6.88. The minimum Gasteiger partial charge on any atom is -0.320 e. The first kappa shape index (κ1) is 15.0. The van der Waals surface area contributed by atoms with Crippen LogP contribution in [0, 0.1) is 17.7 Å². The molecule has 0 spiro atoms. The maximum Gasteiger partial charge on any atom is 0.274 e. The first-order valence-electron chi connectivity index (χ1n) is 6.01. The fourth-order valence-corrected chi connectivity index (χ4v) is 1.70. The standard InChI is InChI=1S/C15H11ClFN3O/c16-12-5-4-11(17)8-14(12)20-15(21)13-6-3-10(9-19-13)2-1-7-18/h3-6,8-9H,7,18H2,(H,20,21). The van der Waals surface area contributed by atoms with Gasteiger partial charge in [0.05, 0.1) is 17.3 Å². The summed E-state index contributed by atoms with van der Waals surface area (Å²) in [5, 5.41) is 2.75. The number of nitrogens with zero attached hydrogens (tertiary/aromatic N) is 1. The summed E-state index contributed by atoms with van der Waals surface area (Å²) in [5.41, 5.74) is 6.28. The number of nitrogens with one attached hydrogen (secondary N) is 1. The van der Waals surface area contributed by atoms with E-state index in [4.69, 9.17) is 17.3 Å². The Balaban J connectivity index is 2.15. The van der Waals surface area contributed by atoms with Crippen molar-refractivity contribution in [3.05, 3.63) is 58.6 Å². The third-order valence-electron chi connectivity index (χ3n) is 2.51. The van der Waals surface area contributed by atoms with Crippen molar-refractivity contribution in [1.29, 1.82) is 0 Å². The van der Waals surface area contributed by atoms with E-state index in [2.05, 4.69) is 22.1 Å². The van der Waals surface area contributed by atoms with Gasteiger partial charge in [0, 0.05) is 11.8 Å². The molecule has 0 aliphatic carbocycles. The van der Waals surface area contributed by atoms with Gasteiger partial charge in [-0.15, -0.1) is 0 Å². The molecule has 3 N–H and O–H groups in total. The molecule has 0 radical (unpaired) electrons. The van der Waals surface area contributed by atoms with Crippen LogP contribution < -0.4 is 11.1 Å². The summed E-state index contributed by atoms with van der Waals surface area (Å²) in [6.07, 6.45) is 1.46. The quantitative estimate of drug-likeness (QED) is 0.837. The number of nitrogens with two attached hydrogens (primary N) is 1. The van der Waals surface area contributed by atoms with Crippen molar-refractivity contribution in [2.45, 2.75) is 0 Å². The zero-order chi connectivity index (χ0) is 15.2. The van der Waals surface area contributed by atoms with E-state index in [9.17, 15) is 9.18 Å². The molecule has 4 nitrogen and oxygen atoms in total. The van der Waals surface area contributed by atoms with Crippen LogP contribution in [0.2, 0.25) is 5.02 Å². The third-order valence-corrected chi connectivity index (χ3v) is 2.84. The van der Waals surface area contributed by atoms with Gasteiger partial charge in [-0.2, -0.15) is 0 Å². The molecule has 1 aromatic carbocycles. The number of hydrogen-bond acceptors (Lipinski definition) is 3. The topological polar surface area (TPSA) is 68.0 Å². The first-order chi connectivity index (χ1) is 10.1. The van der Waals surface area contributed by atoms with Crippen LogP contribution in [-0.2, 0) is 0 Å². The van der Waals surface area contributed by atoms with Gasteiger partial charge in [-0.05, 0) is 30.3 Å². The van der Waals surface area contributed by atoms with Crippen LogP contribution in [0.5, 0.6) is 0 Å². The molecule has 0 fully saturated rings. The molecule has 21 heavy (non-hydrogen) atoms. The van der Waals surface area contributed by atoms with Crippen LogP contribution in [0.15, 0.2) is 36.5 Å².